The Morgan fingerprint density at radius 2 is 2.04 bits per heavy atom. The van der Waals surface area contributed by atoms with Gasteiger partial charge in [0, 0.05) is 12.1 Å². The molecule has 0 aliphatic carbocycles. The Morgan fingerprint density at radius 3 is 2.81 bits per heavy atom. The number of carbonyl (C=O) groups is 1. The fraction of sp³-hybridized carbons (Fsp3) is 0.318. The van der Waals surface area contributed by atoms with Crippen molar-refractivity contribution >= 4 is 5.97 Å². The first-order chi connectivity index (χ1) is 12.6. The maximum absolute atomic E-state index is 11.6. The van der Waals surface area contributed by atoms with Crippen molar-refractivity contribution in [1.82, 2.24) is 4.90 Å². The number of aromatic carboxylic acids is 1. The molecule has 1 heterocycles. The molecule has 3 rings (SSSR count). The van der Waals surface area contributed by atoms with Crippen molar-refractivity contribution < 1.29 is 14.6 Å². The van der Waals surface area contributed by atoms with Crippen molar-refractivity contribution in [3.8, 4) is 17.6 Å². The van der Waals surface area contributed by atoms with Gasteiger partial charge in [0.25, 0.3) is 0 Å². The van der Waals surface area contributed by atoms with Gasteiger partial charge in [-0.3, -0.25) is 4.90 Å². The second-order valence-corrected chi connectivity index (χ2v) is 6.58. The molecule has 2 aromatic carbocycles. The summed E-state index contributed by atoms with van der Waals surface area (Å²) in [6.45, 7) is 2.02. The van der Waals surface area contributed by atoms with E-state index >= 15 is 0 Å². The lowest BCUT2D eigenvalue weighted by Gasteiger charge is -2.13. The predicted molar refractivity (Wildman–Crippen MR) is 101 cm³/mol. The molecule has 0 aromatic heterocycles. The summed E-state index contributed by atoms with van der Waals surface area (Å²) in [5.41, 5.74) is 3.14. The normalized spacial score (nSPS) is 13.2. The van der Waals surface area contributed by atoms with Gasteiger partial charge < -0.3 is 9.84 Å². The zero-order valence-corrected chi connectivity index (χ0v) is 15.0. The van der Waals surface area contributed by atoms with Crippen LogP contribution in [0, 0.1) is 11.8 Å². The number of rotatable bonds is 4. The predicted octanol–water partition coefficient (Wildman–Crippen LogP) is 3.58. The van der Waals surface area contributed by atoms with Gasteiger partial charge in [-0.2, -0.15) is 0 Å². The number of hydrogen-bond donors (Lipinski definition) is 1. The number of ether oxygens (including phenoxy) is 1. The topological polar surface area (TPSA) is 49.8 Å². The van der Waals surface area contributed by atoms with Gasteiger partial charge in [-0.05, 0) is 49.6 Å². The molecule has 4 nitrogen and oxygen atoms in total. The molecule has 0 saturated heterocycles. The monoisotopic (exact) mass is 349 g/mol. The van der Waals surface area contributed by atoms with Crippen molar-refractivity contribution in [2.75, 3.05) is 20.2 Å². The van der Waals surface area contributed by atoms with Crippen LogP contribution in [-0.4, -0.2) is 36.2 Å². The molecule has 1 aliphatic heterocycles. The van der Waals surface area contributed by atoms with Crippen molar-refractivity contribution in [1.29, 1.82) is 0 Å². The molecule has 0 atom stereocenters. The van der Waals surface area contributed by atoms with Gasteiger partial charge in [0.05, 0.1) is 13.2 Å². The van der Waals surface area contributed by atoms with Gasteiger partial charge in [0.15, 0.2) is 0 Å². The van der Waals surface area contributed by atoms with Crippen LogP contribution >= 0.6 is 0 Å². The van der Waals surface area contributed by atoms with Crippen LogP contribution in [0.5, 0.6) is 5.75 Å². The molecule has 0 spiro atoms. The first kappa shape index (κ1) is 18.0. The standard InChI is InChI=1S/C22H23NO3/c1-23(16-17-8-3-2-4-9-17)12-7-10-18-14-19-11-5-6-13-26-21(19)20(15-18)22(24)25/h2-4,8-9,14-15H,5-6,11-13,16H2,1H3,(H,24,25). The van der Waals surface area contributed by atoms with E-state index in [2.05, 4.69) is 28.9 Å². The molecule has 0 unspecified atom stereocenters. The van der Waals surface area contributed by atoms with Gasteiger partial charge in [0.1, 0.15) is 11.3 Å². The van der Waals surface area contributed by atoms with Gasteiger partial charge in [-0.1, -0.05) is 42.2 Å². The molecule has 2 aromatic rings. The van der Waals surface area contributed by atoms with E-state index in [0.29, 0.717) is 18.9 Å². The highest BCUT2D eigenvalue weighted by Crippen LogP contribution is 2.30. The summed E-state index contributed by atoms with van der Waals surface area (Å²) in [5.74, 6) is 5.82. The third kappa shape index (κ3) is 4.65. The largest absolute Gasteiger partial charge is 0.492 e. The summed E-state index contributed by atoms with van der Waals surface area (Å²) in [6, 6.07) is 13.8. The van der Waals surface area contributed by atoms with E-state index in [4.69, 9.17) is 4.74 Å². The van der Waals surface area contributed by atoms with Gasteiger partial charge in [-0.15, -0.1) is 0 Å². The summed E-state index contributed by atoms with van der Waals surface area (Å²) < 4.78 is 5.67. The molecule has 134 valence electrons. The molecule has 0 fully saturated rings. The Kier molecular flexibility index (Phi) is 5.93. The van der Waals surface area contributed by atoms with Gasteiger partial charge >= 0.3 is 5.97 Å². The highest BCUT2D eigenvalue weighted by Gasteiger charge is 2.19. The van der Waals surface area contributed by atoms with Crippen LogP contribution < -0.4 is 4.74 Å². The average Bonchev–Trinajstić information content (AvgIpc) is 2.87. The number of nitrogens with zero attached hydrogens (tertiary/aromatic N) is 1. The van der Waals surface area contributed by atoms with Gasteiger partial charge in [-0.25, -0.2) is 4.79 Å². The third-order valence-electron chi connectivity index (χ3n) is 4.36. The lowest BCUT2D eigenvalue weighted by Crippen LogP contribution is -2.17. The number of benzene rings is 2. The Hall–Kier alpha value is -2.77. The Bertz CT molecular complexity index is 834. The fourth-order valence-corrected chi connectivity index (χ4v) is 3.10. The minimum Gasteiger partial charge on any atom is -0.492 e. The van der Waals surface area contributed by atoms with Crippen LogP contribution in [0.2, 0.25) is 0 Å². The minimum absolute atomic E-state index is 0.214. The number of aryl methyl sites for hydroxylation is 1. The quantitative estimate of drug-likeness (QED) is 0.857. The van der Waals surface area contributed by atoms with E-state index in [1.165, 1.54) is 5.56 Å². The van der Waals surface area contributed by atoms with Crippen molar-refractivity contribution in [2.24, 2.45) is 0 Å². The summed E-state index contributed by atoms with van der Waals surface area (Å²) in [4.78, 5) is 13.7. The maximum atomic E-state index is 11.6. The van der Waals surface area contributed by atoms with Gasteiger partial charge in [0.2, 0.25) is 0 Å². The Balaban J connectivity index is 1.74. The van der Waals surface area contributed by atoms with E-state index in [9.17, 15) is 9.90 Å². The number of fused-ring (bicyclic) bond motifs is 1. The zero-order chi connectivity index (χ0) is 18.4. The second-order valence-electron chi connectivity index (χ2n) is 6.58. The summed E-state index contributed by atoms with van der Waals surface area (Å²) in [6.07, 6.45) is 2.78. The lowest BCUT2D eigenvalue weighted by atomic mass is 10.0. The first-order valence-electron chi connectivity index (χ1n) is 8.88. The van der Waals surface area contributed by atoms with E-state index in [1.54, 1.807) is 6.07 Å². The average molecular weight is 349 g/mol. The highest BCUT2D eigenvalue weighted by atomic mass is 16.5. The third-order valence-corrected chi connectivity index (χ3v) is 4.36. The molecule has 26 heavy (non-hydrogen) atoms. The summed E-state index contributed by atoms with van der Waals surface area (Å²) in [5, 5.41) is 9.50. The van der Waals surface area contributed by atoms with E-state index in [1.807, 2.05) is 31.3 Å². The van der Waals surface area contributed by atoms with Crippen LogP contribution in [-0.2, 0) is 13.0 Å². The second kappa shape index (κ2) is 8.55. The molecular weight excluding hydrogens is 326 g/mol. The highest BCUT2D eigenvalue weighted by molar-refractivity contribution is 5.92. The van der Waals surface area contributed by atoms with Crippen LogP contribution in [0.25, 0.3) is 0 Å². The molecule has 0 bridgehead atoms. The molecule has 4 heteroatoms. The summed E-state index contributed by atoms with van der Waals surface area (Å²) >= 11 is 0. The van der Waals surface area contributed by atoms with Crippen LogP contribution in [0.3, 0.4) is 0 Å². The number of carboxylic acid groups (broad SMARTS) is 1. The summed E-state index contributed by atoms with van der Waals surface area (Å²) in [7, 11) is 2.02. The SMILES string of the molecule is CN(CC#Cc1cc2c(c(C(=O)O)c1)OCCCC2)Cc1ccccc1. The molecule has 1 aliphatic rings. The minimum atomic E-state index is -0.965. The van der Waals surface area contributed by atoms with Crippen LogP contribution in [0.15, 0.2) is 42.5 Å². The Morgan fingerprint density at radius 1 is 1.23 bits per heavy atom. The molecular formula is C22H23NO3. The molecule has 0 radical (unpaired) electrons. The van der Waals surface area contributed by atoms with E-state index in [0.717, 1.165) is 36.9 Å². The van der Waals surface area contributed by atoms with Crippen LogP contribution in [0.1, 0.15) is 39.9 Å². The maximum Gasteiger partial charge on any atom is 0.339 e. The first-order valence-corrected chi connectivity index (χ1v) is 8.88. The molecule has 0 saturated carbocycles. The Labute approximate surface area is 154 Å². The lowest BCUT2D eigenvalue weighted by molar-refractivity contribution is 0.0692. The zero-order valence-electron chi connectivity index (χ0n) is 15.0. The van der Waals surface area contributed by atoms with Crippen molar-refractivity contribution in [2.45, 2.75) is 25.8 Å². The number of carboxylic acids is 1. The smallest absolute Gasteiger partial charge is 0.339 e. The fourth-order valence-electron chi connectivity index (χ4n) is 3.10. The van der Waals surface area contributed by atoms with E-state index < -0.39 is 5.97 Å². The van der Waals surface area contributed by atoms with Crippen molar-refractivity contribution in [3.63, 3.8) is 0 Å². The molecule has 0 amide bonds. The van der Waals surface area contributed by atoms with Crippen molar-refractivity contribution in [3.05, 3.63) is 64.7 Å². The van der Waals surface area contributed by atoms with E-state index in [-0.39, 0.29) is 5.56 Å². The number of hydrogen-bond acceptors (Lipinski definition) is 3. The van der Waals surface area contributed by atoms with Crippen LogP contribution in [0.4, 0.5) is 0 Å². The molecule has 1 N–H and O–H groups in total.